The number of likely N-dealkylation sites (N-methyl/N-ethyl adjacent to an activating group) is 1. The standard InChI is InChI=1S/C21H24N4O3/c1-4-27-17-13-9-8-12-16(17)20-23-18(28-24-20)14-22-19(21(26)25(2)3)15-10-6-5-7-11-15/h5-13,19,22H,4,14H2,1-3H3. The molecule has 1 unspecified atom stereocenters. The summed E-state index contributed by atoms with van der Waals surface area (Å²) in [4.78, 5) is 18.6. The van der Waals surface area contributed by atoms with Gasteiger partial charge in [0.15, 0.2) is 0 Å². The van der Waals surface area contributed by atoms with Crippen molar-refractivity contribution in [3.63, 3.8) is 0 Å². The maximum Gasteiger partial charge on any atom is 0.243 e. The molecular weight excluding hydrogens is 356 g/mol. The Morgan fingerprint density at radius 1 is 1.14 bits per heavy atom. The smallest absolute Gasteiger partial charge is 0.243 e. The summed E-state index contributed by atoms with van der Waals surface area (Å²) in [7, 11) is 3.46. The molecule has 3 rings (SSSR count). The van der Waals surface area contributed by atoms with E-state index < -0.39 is 6.04 Å². The lowest BCUT2D eigenvalue weighted by Gasteiger charge is -2.21. The minimum absolute atomic E-state index is 0.0485. The van der Waals surface area contributed by atoms with Crippen LogP contribution in [0, 0.1) is 0 Å². The van der Waals surface area contributed by atoms with Crippen molar-refractivity contribution in [2.75, 3.05) is 20.7 Å². The highest BCUT2D eigenvalue weighted by Crippen LogP contribution is 2.27. The number of benzene rings is 2. The molecule has 7 heteroatoms. The van der Waals surface area contributed by atoms with Crippen LogP contribution in [0.25, 0.3) is 11.4 Å². The van der Waals surface area contributed by atoms with E-state index in [4.69, 9.17) is 9.26 Å². The van der Waals surface area contributed by atoms with Crippen molar-refractivity contribution in [3.05, 3.63) is 66.1 Å². The molecule has 1 atom stereocenters. The van der Waals surface area contributed by atoms with Crippen molar-refractivity contribution < 1.29 is 14.1 Å². The maximum atomic E-state index is 12.6. The van der Waals surface area contributed by atoms with Gasteiger partial charge in [-0.25, -0.2) is 0 Å². The number of hydrogen-bond donors (Lipinski definition) is 1. The van der Waals surface area contributed by atoms with Gasteiger partial charge < -0.3 is 14.2 Å². The number of para-hydroxylation sites is 1. The van der Waals surface area contributed by atoms with Gasteiger partial charge in [-0.1, -0.05) is 47.6 Å². The summed E-state index contributed by atoms with van der Waals surface area (Å²) >= 11 is 0. The first-order chi connectivity index (χ1) is 13.6. The van der Waals surface area contributed by atoms with Crippen LogP contribution in [0.1, 0.15) is 24.4 Å². The molecule has 0 aliphatic rings. The van der Waals surface area contributed by atoms with E-state index in [0.717, 1.165) is 11.1 Å². The van der Waals surface area contributed by atoms with Crippen LogP contribution in [-0.2, 0) is 11.3 Å². The molecule has 1 amide bonds. The molecule has 0 spiro atoms. The fourth-order valence-corrected chi connectivity index (χ4v) is 2.81. The molecule has 0 saturated carbocycles. The first kappa shape index (κ1) is 19.6. The highest BCUT2D eigenvalue weighted by atomic mass is 16.5. The van der Waals surface area contributed by atoms with Gasteiger partial charge in [0.05, 0.1) is 18.7 Å². The molecule has 146 valence electrons. The second-order valence-electron chi connectivity index (χ2n) is 6.40. The molecule has 1 N–H and O–H groups in total. The van der Waals surface area contributed by atoms with E-state index in [1.165, 1.54) is 0 Å². The van der Waals surface area contributed by atoms with Crippen molar-refractivity contribution >= 4 is 5.91 Å². The average molecular weight is 380 g/mol. The van der Waals surface area contributed by atoms with E-state index in [1.807, 2.05) is 61.5 Å². The van der Waals surface area contributed by atoms with Crippen LogP contribution in [0.15, 0.2) is 59.1 Å². The maximum absolute atomic E-state index is 12.6. The minimum atomic E-state index is -0.498. The molecule has 0 aliphatic carbocycles. The lowest BCUT2D eigenvalue weighted by Crippen LogP contribution is -2.36. The lowest BCUT2D eigenvalue weighted by molar-refractivity contribution is -0.131. The van der Waals surface area contributed by atoms with Gasteiger partial charge in [-0.05, 0) is 24.6 Å². The van der Waals surface area contributed by atoms with E-state index in [-0.39, 0.29) is 12.5 Å². The fourth-order valence-electron chi connectivity index (χ4n) is 2.81. The quantitative estimate of drug-likeness (QED) is 0.647. The normalized spacial score (nSPS) is 11.8. The van der Waals surface area contributed by atoms with Gasteiger partial charge in [-0.2, -0.15) is 4.98 Å². The Morgan fingerprint density at radius 3 is 2.57 bits per heavy atom. The molecule has 0 bridgehead atoms. The second kappa shape index (κ2) is 9.14. The second-order valence-corrected chi connectivity index (χ2v) is 6.40. The van der Waals surface area contributed by atoms with Gasteiger partial charge in [0.25, 0.3) is 0 Å². The van der Waals surface area contributed by atoms with Crippen molar-refractivity contribution in [1.29, 1.82) is 0 Å². The molecule has 28 heavy (non-hydrogen) atoms. The molecule has 0 fully saturated rings. The van der Waals surface area contributed by atoms with Crippen LogP contribution in [0.4, 0.5) is 0 Å². The highest BCUT2D eigenvalue weighted by molar-refractivity contribution is 5.82. The molecular formula is C21H24N4O3. The van der Waals surface area contributed by atoms with Gasteiger partial charge in [0.1, 0.15) is 11.8 Å². The predicted molar refractivity (Wildman–Crippen MR) is 106 cm³/mol. The Balaban J connectivity index is 1.76. The molecule has 7 nitrogen and oxygen atoms in total. The zero-order valence-electron chi connectivity index (χ0n) is 16.3. The Kier molecular flexibility index (Phi) is 6.39. The van der Waals surface area contributed by atoms with Crippen molar-refractivity contribution in [2.45, 2.75) is 19.5 Å². The number of ether oxygens (including phenoxy) is 1. The number of nitrogens with zero attached hydrogens (tertiary/aromatic N) is 3. The van der Waals surface area contributed by atoms with E-state index in [0.29, 0.717) is 24.1 Å². The van der Waals surface area contributed by atoms with Crippen LogP contribution in [0.5, 0.6) is 5.75 Å². The molecule has 0 aliphatic heterocycles. The zero-order chi connectivity index (χ0) is 19.9. The van der Waals surface area contributed by atoms with E-state index in [9.17, 15) is 4.79 Å². The summed E-state index contributed by atoms with van der Waals surface area (Å²) in [5.41, 5.74) is 1.64. The molecule has 1 aromatic heterocycles. The number of rotatable bonds is 8. The fraction of sp³-hybridized carbons (Fsp3) is 0.286. The number of carbonyl (C=O) groups is 1. The van der Waals surface area contributed by atoms with Gasteiger partial charge in [0, 0.05) is 14.1 Å². The Bertz CT molecular complexity index is 909. The molecule has 0 radical (unpaired) electrons. The minimum Gasteiger partial charge on any atom is -0.493 e. The third-order valence-corrected chi connectivity index (χ3v) is 4.17. The van der Waals surface area contributed by atoms with E-state index >= 15 is 0 Å². The van der Waals surface area contributed by atoms with Gasteiger partial charge >= 0.3 is 0 Å². The Labute approximate surface area is 164 Å². The average Bonchev–Trinajstić information content (AvgIpc) is 3.18. The number of hydrogen-bond acceptors (Lipinski definition) is 6. The third-order valence-electron chi connectivity index (χ3n) is 4.17. The number of amides is 1. The van der Waals surface area contributed by atoms with E-state index in [1.54, 1.807) is 19.0 Å². The Hall–Kier alpha value is -3.19. The highest BCUT2D eigenvalue weighted by Gasteiger charge is 2.23. The van der Waals surface area contributed by atoms with Crippen molar-refractivity contribution in [2.24, 2.45) is 0 Å². The summed E-state index contributed by atoms with van der Waals surface area (Å²) in [6.07, 6.45) is 0. The van der Waals surface area contributed by atoms with Gasteiger partial charge in [-0.3, -0.25) is 10.1 Å². The zero-order valence-corrected chi connectivity index (χ0v) is 16.3. The van der Waals surface area contributed by atoms with Crippen LogP contribution in [0.2, 0.25) is 0 Å². The summed E-state index contributed by atoms with van der Waals surface area (Å²) in [5.74, 6) is 1.51. The molecule has 3 aromatic rings. The monoisotopic (exact) mass is 380 g/mol. The number of nitrogens with one attached hydrogen (secondary N) is 1. The largest absolute Gasteiger partial charge is 0.493 e. The third kappa shape index (κ3) is 4.55. The first-order valence-electron chi connectivity index (χ1n) is 9.14. The van der Waals surface area contributed by atoms with Crippen LogP contribution in [0.3, 0.4) is 0 Å². The molecule has 2 aromatic carbocycles. The summed E-state index contributed by atoms with van der Waals surface area (Å²) in [6.45, 7) is 2.74. The summed E-state index contributed by atoms with van der Waals surface area (Å²) < 4.78 is 11.0. The van der Waals surface area contributed by atoms with Crippen LogP contribution < -0.4 is 10.1 Å². The summed E-state index contributed by atoms with van der Waals surface area (Å²) in [6, 6.07) is 16.6. The number of carbonyl (C=O) groups excluding carboxylic acids is 1. The SMILES string of the molecule is CCOc1ccccc1-c1noc(CNC(C(=O)N(C)C)c2ccccc2)n1. The summed E-state index contributed by atoms with van der Waals surface area (Å²) in [5, 5.41) is 7.28. The Morgan fingerprint density at radius 2 is 1.86 bits per heavy atom. The molecule has 0 saturated heterocycles. The van der Waals surface area contributed by atoms with Crippen LogP contribution in [-0.4, -0.2) is 41.6 Å². The first-order valence-corrected chi connectivity index (χ1v) is 9.14. The van der Waals surface area contributed by atoms with Crippen molar-refractivity contribution in [1.82, 2.24) is 20.4 Å². The van der Waals surface area contributed by atoms with Crippen LogP contribution >= 0.6 is 0 Å². The van der Waals surface area contributed by atoms with E-state index in [2.05, 4.69) is 15.5 Å². The topological polar surface area (TPSA) is 80.5 Å². The van der Waals surface area contributed by atoms with Gasteiger partial charge in [-0.15, -0.1) is 0 Å². The number of aromatic nitrogens is 2. The molecule has 1 heterocycles. The van der Waals surface area contributed by atoms with Crippen molar-refractivity contribution in [3.8, 4) is 17.1 Å². The lowest BCUT2D eigenvalue weighted by atomic mass is 10.1. The predicted octanol–water partition coefficient (Wildman–Crippen LogP) is 3.05. The van der Waals surface area contributed by atoms with Gasteiger partial charge in [0.2, 0.25) is 17.6 Å².